The molecule has 2 aromatic rings. The average molecular weight is 387 g/mol. The van der Waals surface area contributed by atoms with Gasteiger partial charge in [-0.3, -0.25) is 9.98 Å². The van der Waals surface area contributed by atoms with Gasteiger partial charge < -0.3 is 20.3 Å². The number of amidine groups is 2. The number of nitrogens with two attached hydrogens (primary N) is 2. The normalized spacial score (nSPS) is 12.6. The highest BCUT2D eigenvalue weighted by molar-refractivity contribution is 5.95. The van der Waals surface area contributed by atoms with Gasteiger partial charge in [0.15, 0.2) is 23.2 Å². The lowest BCUT2D eigenvalue weighted by molar-refractivity contribution is 0.550. The van der Waals surface area contributed by atoms with Crippen molar-refractivity contribution in [2.75, 3.05) is 13.1 Å². The van der Waals surface area contributed by atoms with Crippen LogP contribution in [-0.2, 0) is 0 Å². The maximum Gasteiger partial charge on any atom is 0.168 e. The van der Waals surface area contributed by atoms with Crippen LogP contribution in [0.2, 0.25) is 0 Å². The fourth-order valence-corrected chi connectivity index (χ4v) is 3.04. The molecule has 0 aliphatic carbocycles. The second-order valence-electron chi connectivity index (χ2n) is 7.02. The third-order valence-electron chi connectivity index (χ3n) is 4.68. The fourth-order valence-electron chi connectivity index (χ4n) is 3.04. The van der Waals surface area contributed by atoms with Gasteiger partial charge >= 0.3 is 0 Å². The van der Waals surface area contributed by atoms with Gasteiger partial charge in [0.25, 0.3) is 0 Å². The summed E-state index contributed by atoms with van der Waals surface area (Å²) in [6.45, 7) is 1.55. The van der Waals surface area contributed by atoms with Gasteiger partial charge in [-0.25, -0.2) is 0 Å². The largest absolute Gasteiger partial charge is 0.461 e. The first kappa shape index (κ1) is 21.8. The molecule has 2 aromatic heterocycles. The molecule has 2 rings (SSSR count). The van der Waals surface area contributed by atoms with Crippen LogP contribution >= 0.6 is 0 Å². The Bertz CT molecular complexity index is 615. The Morgan fingerprint density at radius 1 is 0.607 bits per heavy atom. The topological polar surface area (TPSA) is 103 Å². The molecule has 0 atom stereocenters. The molecular formula is C22H34N4O2. The lowest BCUT2D eigenvalue weighted by Gasteiger charge is -2.02. The van der Waals surface area contributed by atoms with Crippen molar-refractivity contribution in [2.24, 2.45) is 21.5 Å². The predicted molar refractivity (Wildman–Crippen MR) is 115 cm³/mol. The lowest BCUT2D eigenvalue weighted by Crippen LogP contribution is -2.12. The molecule has 0 saturated heterocycles. The maximum atomic E-state index is 5.85. The van der Waals surface area contributed by atoms with Gasteiger partial charge in [0.2, 0.25) is 0 Å². The highest BCUT2D eigenvalue weighted by Gasteiger charge is 2.00. The van der Waals surface area contributed by atoms with E-state index < -0.39 is 0 Å². The molecule has 0 fully saturated rings. The van der Waals surface area contributed by atoms with Crippen molar-refractivity contribution >= 4 is 11.7 Å². The molecule has 154 valence electrons. The van der Waals surface area contributed by atoms with Gasteiger partial charge in [-0.1, -0.05) is 51.4 Å². The highest BCUT2D eigenvalue weighted by atomic mass is 16.3. The molecule has 6 heteroatoms. The van der Waals surface area contributed by atoms with E-state index in [2.05, 4.69) is 9.98 Å². The van der Waals surface area contributed by atoms with Crippen LogP contribution in [-0.4, -0.2) is 24.8 Å². The Hall–Kier alpha value is -2.50. The van der Waals surface area contributed by atoms with E-state index in [0.29, 0.717) is 23.2 Å². The van der Waals surface area contributed by atoms with E-state index in [1.807, 2.05) is 24.3 Å². The fraction of sp³-hybridized carbons (Fsp3) is 0.545. The minimum absolute atomic E-state index is 0.499. The summed E-state index contributed by atoms with van der Waals surface area (Å²) in [5.41, 5.74) is 11.7. The molecule has 28 heavy (non-hydrogen) atoms. The predicted octanol–water partition coefficient (Wildman–Crippen LogP) is 4.88. The summed E-state index contributed by atoms with van der Waals surface area (Å²) in [6, 6.07) is 7.32. The second-order valence-corrected chi connectivity index (χ2v) is 7.02. The number of nitrogens with zero attached hydrogens (tertiary/aromatic N) is 2. The van der Waals surface area contributed by atoms with Crippen LogP contribution in [0, 0.1) is 0 Å². The van der Waals surface area contributed by atoms with Gasteiger partial charge in [-0.15, -0.1) is 0 Å². The van der Waals surface area contributed by atoms with Gasteiger partial charge in [0, 0.05) is 13.1 Å². The first-order valence-corrected chi connectivity index (χ1v) is 10.4. The Morgan fingerprint density at radius 3 is 1.29 bits per heavy atom. The summed E-state index contributed by atoms with van der Waals surface area (Å²) in [4.78, 5) is 8.71. The Kier molecular flexibility index (Phi) is 10.6. The first-order valence-electron chi connectivity index (χ1n) is 10.4. The van der Waals surface area contributed by atoms with Crippen molar-refractivity contribution in [1.29, 1.82) is 0 Å². The van der Waals surface area contributed by atoms with Crippen molar-refractivity contribution in [3.05, 3.63) is 48.3 Å². The third kappa shape index (κ3) is 8.93. The first-order chi connectivity index (χ1) is 13.8. The van der Waals surface area contributed by atoms with Crippen molar-refractivity contribution in [3.63, 3.8) is 0 Å². The molecule has 0 bridgehead atoms. The van der Waals surface area contributed by atoms with E-state index in [-0.39, 0.29) is 0 Å². The smallest absolute Gasteiger partial charge is 0.168 e. The summed E-state index contributed by atoms with van der Waals surface area (Å²) in [6.07, 6.45) is 15.6. The molecule has 6 nitrogen and oxygen atoms in total. The second kappa shape index (κ2) is 13.6. The van der Waals surface area contributed by atoms with E-state index in [1.54, 1.807) is 12.5 Å². The number of furan rings is 2. The Balaban J connectivity index is 1.34. The van der Waals surface area contributed by atoms with Crippen LogP contribution in [0.25, 0.3) is 0 Å². The lowest BCUT2D eigenvalue weighted by atomic mass is 10.1. The number of rotatable bonds is 15. The maximum absolute atomic E-state index is 5.85. The van der Waals surface area contributed by atoms with E-state index in [9.17, 15) is 0 Å². The van der Waals surface area contributed by atoms with E-state index >= 15 is 0 Å². The summed E-state index contributed by atoms with van der Waals surface area (Å²) >= 11 is 0. The van der Waals surface area contributed by atoms with Gasteiger partial charge in [-0.05, 0) is 37.1 Å². The molecule has 0 radical (unpaired) electrons. The highest BCUT2D eigenvalue weighted by Crippen LogP contribution is 2.11. The SMILES string of the molecule is NC(=NCCCCCCCCCCCCN=C(N)c1ccco1)c1ccco1. The molecule has 0 unspecified atom stereocenters. The van der Waals surface area contributed by atoms with Crippen molar-refractivity contribution < 1.29 is 8.83 Å². The third-order valence-corrected chi connectivity index (χ3v) is 4.68. The van der Waals surface area contributed by atoms with Crippen LogP contribution in [0.15, 0.2) is 55.6 Å². The summed E-state index contributed by atoms with van der Waals surface area (Å²) in [7, 11) is 0. The molecule has 0 aromatic carbocycles. The van der Waals surface area contributed by atoms with Crippen LogP contribution in [0.5, 0.6) is 0 Å². The van der Waals surface area contributed by atoms with Gasteiger partial charge in [0.05, 0.1) is 12.5 Å². The van der Waals surface area contributed by atoms with Crippen molar-refractivity contribution in [2.45, 2.75) is 64.2 Å². The van der Waals surface area contributed by atoms with Crippen molar-refractivity contribution in [3.8, 4) is 0 Å². The average Bonchev–Trinajstić information content (AvgIpc) is 3.41. The Labute approximate surface area is 168 Å². The van der Waals surface area contributed by atoms with Gasteiger partial charge in [-0.2, -0.15) is 0 Å². The molecule has 4 N–H and O–H groups in total. The summed E-state index contributed by atoms with van der Waals surface area (Å²) < 4.78 is 10.4. The molecule has 0 spiro atoms. The molecule has 0 amide bonds. The molecule has 2 heterocycles. The summed E-state index contributed by atoms with van der Waals surface area (Å²) in [5.74, 6) is 2.32. The monoisotopic (exact) mass is 386 g/mol. The number of hydrogen-bond donors (Lipinski definition) is 2. The van der Waals surface area contributed by atoms with E-state index in [1.165, 1.54) is 51.4 Å². The number of aliphatic imine (C=N–C) groups is 2. The van der Waals surface area contributed by atoms with Crippen molar-refractivity contribution in [1.82, 2.24) is 0 Å². The number of unbranched alkanes of at least 4 members (excludes halogenated alkanes) is 9. The number of hydrogen-bond acceptors (Lipinski definition) is 4. The molecule has 0 aliphatic rings. The van der Waals surface area contributed by atoms with Crippen LogP contribution in [0.3, 0.4) is 0 Å². The zero-order valence-electron chi connectivity index (χ0n) is 16.8. The van der Waals surface area contributed by atoms with Gasteiger partial charge in [0.1, 0.15) is 0 Å². The zero-order valence-corrected chi connectivity index (χ0v) is 16.8. The molecule has 0 aliphatic heterocycles. The van der Waals surface area contributed by atoms with Crippen LogP contribution < -0.4 is 11.5 Å². The van der Waals surface area contributed by atoms with Crippen LogP contribution in [0.4, 0.5) is 0 Å². The molecular weight excluding hydrogens is 352 g/mol. The minimum atomic E-state index is 0.499. The minimum Gasteiger partial charge on any atom is -0.461 e. The zero-order chi connectivity index (χ0) is 19.9. The summed E-state index contributed by atoms with van der Waals surface area (Å²) in [5, 5.41) is 0. The van der Waals surface area contributed by atoms with E-state index in [0.717, 1.165) is 25.9 Å². The Morgan fingerprint density at radius 2 is 0.964 bits per heavy atom. The molecule has 0 saturated carbocycles. The quantitative estimate of drug-likeness (QED) is 0.258. The standard InChI is InChI=1S/C22H34N4O2/c23-21(19-13-11-17-27-19)25-15-9-7-5-3-1-2-4-6-8-10-16-26-22(24)20-14-12-18-28-20/h11-14,17-18H,1-10,15-16H2,(H2,23,25)(H2,24,26). The van der Waals surface area contributed by atoms with E-state index in [4.69, 9.17) is 20.3 Å². The van der Waals surface area contributed by atoms with Crippen LogP contribution in [0.1, 0.15) is 75.7 Å².